The van der Waals surface area contributed by atoms with Crippen molar-refractivity contribution in [1.82, 2.24) is 4.98 Å². The summed E-state index contributed by atoms with van der Waals surface area (Å²) in [6.07, 6.45) is 5.06. The molecule has 0 fully saturated rings. The first-order valence-electron chi connectivity index (χ1n) is 5.96. The number of carbonyl (C=O) groups excluding carboxylic acids is 3. The van der Waals surface area contributed by atoms with Gasteiger partial charge in [0.1, 0.15) is 5.82 Å². The highest BCUT2D eigenvalue weighted by Gasteiger charge is 2.02. The zero-order valence-electron chi connectivity index (χ0n) is 11.2. The van der Waals surface area contributed by atoms with E-state index in [2.05, 4.69) is 4.98 Å². The summed E-state index contributed by atoms with van der Waals surface area (Å²) in [6, 6.07) is 9.33. The molecule has 0 unspecified atom stereocenters. The van der Waals surface area contributed by atoms with E-state index in [1.807, 2.05) is 19.1 Å². The molecule has 0 spiro atoms. The Labute approximate surface area is 120 Å². The number of ketones is 1. The van der Waals surface area contributed by atoms with Gasteiger partial charge < -0.3 is 0 Å². The maximum Gasteiger partial charge on any atom is 0.373 e. The molecule has 2 aromatic rings. The Kier molecular flexibility index (Phi) is 6.38. The van der Waals surface area contributed by atoms with Gasteiger partial charge in [0.05, 0.1) is 0 Å². The first kappa shape index (κ1) is 16.1. The van der Waals surface area contributed by atoms with Crippen LogP contribution in [0.2, 0.25) is 0 Å². The van der Waals surface area contributed by atoms with Gasteiger partial charge in [-0.05, 0) is 42.8 Å². The van der Waals surface area contributed by atoms with Gasteiger partial charge in [0.15, 0.2) is 5.78 Å². The fraction of sp³-hybridized carbons (Fsp3) is 0.0625. The number of aryl methyl sites for hydroxylation is 1. The van der Waals surface area contributed by atoms with Crippen LogP contribution >= 0.6 is 0 Å². The SMILES string of the molecule is Cc1cc(/C=C\C(=O)c2cccc(F)c2)ccn1.O=C=O. The fourth-order valence-electron chi connectivity index (χ4n) is 1.58. The van der Waals surface area contributed by atoms with Crippen LogP contribution in [0.5, 0.6) is 0 Å². The van der Waals surface area contributed by atoms with Crippen LogP contribution in [-0.4, -0.2) is 16.9 Å². The van der Waals surface area contributed by atoms with E-state index < -0.39 is 5.82 Å². The molecule has 0 bridgehead atoms. The molecular weight excluding hydrogens is 273 g/mol. The number of allylic oxidation sites excluding steroid dienone is 1. The van der Waals surface area contributed by atoms with Crippen LogP contribution in [0.1, 0.15) is 21.6 Å². The highest BCUT2D eigenvalue weighted by molar-refractivity contribution is 6.06. The minimum Gasteiger partial charge on any atom is -0.289 e. The zero-order valence-corrected chi connectivity index (χ0v) is 11.2. The van der Waals surface area contributed by atoms with Crippen LogP contribution in [0.4, 0.5) is 4.39 Å². The van der Waals surface area contributed by atoms with E-state index in [1.165, 1.54) is 24.3 Å². The van der Waals surface area contributed by atoms with Crippen molar-refractivity contribution >= 4 is 18.0 Å². The third-order valence-electron chi connectivity index (χ3n) is 2.46. The molecule has 0 saturated heterocycles. The zero-order chi connectivity index (χ0) is 15.7. The number of hydrogen-bond acceptors (Lipinski definition) is 4. The number of halogens is 1. The Hall–Kier alpha value is -2.91. The summed E-state index contributed by atoms with van der Waals surface area (Å²) in [6.45, 7) is 1.88. The van der Waals surface area contributed by atoms with E-state index >= 15 is 0 Å². The predicted molar refractivity (Wildman–Crippen MR) is 73.7 cm³/mol. The van der Waals surface area contributed by atoms with Gasteiger partial charge in [-0.1, -0.05) is 18.2 Å². The molecule has 0 amide bonds. The molecule has 0 N–H and O–H groups in total. The molecule has 1 heterocycles. The van der Waals surface area contributed by atoms with Gasteiger partial charge in [0, 0.05) is 17.5 Å². The van der Waals surface area contributed by atoms with Crippen LogP contribution in [0.15, 0.2) is 48.7 Å². The Morgan fingerprint density at radius 1 is 1.24 bits per heavy atom. The predicted octanol–water partition coefficient (Wildman–Crippen LogP) is 2.84. The van der Waals surface area contributed by atoms with Crippen molar-refractivity contribution in [3.8, 4) is 0 Å². The maximum absolute atomic E-state index is 13.0. The number of carbonyl (C=O) groups is 1. The third-order valence-corrected chi connectivity index (χ3v) is 2.46. The van der Waals surface area contributed by atoms with Crippen molar-refractivity contribution in [1.29, 1.82) is 0 Å². The van der Waals surface area contributed by atoms with Gasteiger partial charge in [0.25, 0.3) is 0 Å². The summed E-state index contributed by atoms with van der Waals surface area (Å²) in [7, 11) is 0. The van der Waals surface area contributed by atoms with Gasteiger partial charge in [0.2, 0.25) is 0 Å². The number of rotatable bonds is 3. The first-order valence-corrected chi connectivity index (χ1v) is 5.96. The van der Waals surface area contributed by atoms with E-state index in [4.69, 9.17) is 9.59 Å². The molecule has 0 aliphatic rings. The van der Waals surface area contributed by atoms with E-state index in [0.717, 1.165) is 11.3 Å². The second-order valence-electron chi connectivity index (χ2n) is 4.02. The summed E-state index contributed by atoms with van der Waals surface area (Å²) in [5, 5.41) is 0. The van der Waals surface area contributed by atoms with Crippen LogP contribution in [0, 0.1) is 12.7 Å². The van der Waals surface area contributed by atoms with Crippen molar-refractivity contribution in [3.05, 3.63) is 71.3 Å². The lowest BCUT2D eigenvalue weighted by Gasteiger charge is -1.97. The topological polar surface area (TPSA) is 64.1 Å². The lowest BCUT2D eigenvalue weighted by atomic mass is 10.1. The molecule has 0 aliphatic heterocycles. The van der Waals surface area contributed by atoms with Gasteiger partial charge in [-0.2, -0.15) is 9.59 Å². The van der Waals surface area contributed by atoms with Gasteiger partial charge in [-0.15, -0.1) is 0 Å². The standard InChI is InChI=1S/C15H12FNO.CO2/c1-11-9-12(7-8-17-11)5-6-15(18)13-3-2-4-14(16)10-13;2-1-3/h2-10H,1H3;/b6-5-;. The summed E-state index contributed by atoms with van der Waals surface area (Å²) >= 11 is 0. The van der Waals surface area contributed by atoms with Crippen molar-refractivity contribution < 1.29 is 18.8 Å². The highest BCUT2D eigenvalue weighted by Crippen LogP contribution is 2.08. The molecule has 0 atom stereocenters. The lowest BCUT2D eigenvalue weighted by Crippen LogP contribution is -1.94. The average molecular weight is 285 g/mol. The minimum absolute atomic E-state index is 0.219. The summed E-state index contributed by atoms with van der Waals surface area (Å²) in [5.74, 6) is -0.627. The van der Waals surface area contributed by atoms with E-state index in [9.17, 15) is 9.18 Å². The second kappa shape index (κ2) is 8.30. The smallest absolute Gasteiger partial charge is 0.289 e. The molecule has 1 aromatic carbocycles. The lowest BCUT2D eigenvalue weighted by molar-refractivity contribution is -0.191. The minimum atomic E-state index is -0.408. The van der Waals surface area contributed by atoms with E-state index in [-0.39, 0.29) is 11.9 Å². The van der Waals surface area contributed by atoms with Crippen LogP contribution in [0.25, 0.3) is 6.08 Å². The number of nitrogens with zero attached hydrogens (tertiary/aromatic N) is 1. The van der Waals surface area contributed by atoms with Gasteiger partial charge in [-0.3, -0.25) is 9.78 Å². The Balaban J connectivity index is 0.000000677. The van der Waals surface area contributed by atoms with Crippen LogP contribution < -0.4 is 0 Å². The van der Waals surface area contributed by atoms with Crippen molar-refractivity contribution in [2.75, 3.05) is 0 Å². The number of benzene rings is 1. The quantitative estimate of drug-likeness (QED) is 0.642. The molecule has 2 rings (SSSR count). The van der Waals surface area contributed by atoms with Crippen LogP contribution in [0.3, 0.4) is 0 Å². The monoisotopic (exact) mass is 285 g/mol. The molecule has 0 radical (unpaired) electrons. The molecule has 0 saturated carbocycles. The molecule has 0 aliphatic carbocycles. The van der Waals surface area contributed by atoms with E-state index in [0.29, 0.717) is 5.56 Å². The summed E-state index contributed by atoms with van der Waals surface area (Å²) in [5.41, 5.74) is 2.12. The van der Waals surface area contributed by atoms with Gasteiger partial charge in [-0.25, -0.2) is 4.39 Å². The summed E-state index contributed by atoms with van der Waals surface area (Å²) < 4.78 is 13.0. The second-order valence-corrected chi connectivity index (χ2v) is 4.02. The van der Waals surface area contributed by atoms with E-state index in [1.54, 1.807) is 18.3 Å². The molecular formula is C16H12FNO3. The highest BCUT2D eigenvalue weighted by atomic mass is 19.1. The largest absolute Gasteiger partial charge is 0.373 e. The number of aromatic nitrogens is 1. The normalized spacial score (nSPS) is 9.62. The van der Waals surface area contributed by atoms with Gasteiger partial charge >= 0.3 is 6.15 Å². The van der Waals surface area contributed by atoms with Crippen molar-refractivity contribution in [2.45, 2.75) is 6.92 Å². The Morgan fingerprint density at radius 2 is 1.95 bits per heavy atom. The number of pyridine rings is 1. The fourth-order valence-corrected chi connectivity index (χ4v) is 1.58. The molecule has 106 valence electrons. The van der Waals surface area contributed by atoms with Crippen molar-refractivity contribution in [3.63, 3.8) is 0 Å². The molecule has 4 nitrogen and oxygen atoms in total. The molecule has 5 heteroatoms. The van der Waals surface area contributed by atoms with Crippen LogP contribution in [-0.2, 0) is 9.59 Å². The molecule has 21 heavy (non-hydrogen) atoms. The number of hydrogen-bond donors (Lipinski definition) is 0. The molecule has 1 aromatic heterocycles. The summed E-state index contributed by atoms with van der Waals surface area (Å²) in [4.78, 5) is 32.1. The maximum atomic E-state index is 13.0. The Bertz CT molecular complexity index is 689. The Morgan fingerprint density at radius 3 is 2.57 bits per heavy atom. The average Bonchev–Trinajstić information content (AvgIpc) is 2.46. The third kappa shape index (κ3) is 5.72. The first-order chi connectivity index (χ1) is 10.1. The van der Waals surface area contributed by atoms with Crippen molar-refractivity contribution in [2.24, 2.45) is 0 Å².